The minimum absolute atomic E-state index is 0.0610. The second kappa shape index (κ2) is 8.37. The molecule has 0 bridgehead atoms. The molecule has 27 heavy (non-hydrogen) atoms. The highest BCUT2D eigenvalue weighted by Gasteiger charge is 2.19. The fourth-order valence-electron chi connectivity index (χ4n) is 2.23. The first-order chi connectivity index (χ1) is 12.9. The molecule has 1 atom stereocenters. The average molecular weight is 402 g/mol. The number of hydrogen-bond donors (Lipinski definition) is 1. The number of halogens is 1. The third kappa shape index (κ3) is 4.96. The van der Waals surface area contributed by atoms with Gasteiger partial charge in [0.15, 0.2) is 5.78 Å². The maximum Gasteiger partial charge on any atom is 0.277 e. The van der Waals surface area contributed by atoms with E-state index in [4.69, 9.17) is 16.0 Å². The van der Waals surface area contributed by atoms with E-state index in [0.29, 0.717) is 27.4 Å². The zero-order valence-electron chi connectivity index (χ0n) is 14.6. The number of carbonyl (C=O) groups excluding carboxylic acids is 2. The van der Waals surface area contributed by atoms with Crippen LogP contribution in [0.15, 0.2) is 58.2 Å². The largest absolute Gasteiger partial charge is 0.411 e. The first-order valence-electron chi connectivity index (χ1n) is 8.10. The topological polar surface area (TPSA) is 85.1 Å². The van der Waals surface area contributed by atoms with Crippen molar-refractivity contribution in [2.75, 3.05) is 5.32 Å². The first-order valence-corrected chi connectivity index (χ1v) is 9.36. The van der Waals surface area contributed by atoms with Gasteiger partial charge in [-0.1, -0.05) is 35.5 Å². The first kappa shape index (κ1) is 19.1. The number of hydrogen-bond acceptors (Lipinski definition) is 6. The van der Waals surface area contributed by atoms with Gasteiger partial charge in [-0.25, -0.2) is 0 Å². The molecule has 1 heterocycles. The van der Waals surface area contributed by atoms with Crippen molar-refractivity contribution in [2.24, 2.45) is 0 Å². The Morgan fingerprint density at radius 1 is 1.15 bits per heavy atom. The lowest BCUT2D eigenvalue weighted by Crippen LogP contribution is -2.22. The lowest BCUT2D eigenvalue weighted by atomic mass is 10.1. The number of carbonyl (C=O) groups is 2. The second-order valence-electron chi connectivity index (χ2n) is 5.77. The van der Waals surface area contributed by atoms with Crippen LogP contribution in [0.25, 0.3) is 11.5 Å². The SMILES string of the molecule is CC(=O)c1cccc(NC(=O)C(C)Sc2nnc(-c3ccc(Cl)cc3)o2)c1. The number of rotatable bonds is 6. The maximum atomic E-state index is 12.4. The Hall–Kier alpha value is -2.64. The number of Topliss-reactive ketones (excluding diaryl/α,β-unsaturated/α-hetero) is 1. The highest BCUT2D eigenvalue weighted by atomic mass is 35.5. The molecular weight excluding hydrogens is 386 g/mol. The van der Waals surface area contributed by atoms with Gasteiger partial charge < -0.3 is 9.73 Å². The van der Waals surface area contributed by atoms with Crippen molar-refractivity contribution in [3.63, 3.8) is 0 Å². The summed E-state index contributed by atoms with van der Waals surface area (Å²) in [4.78, 5) is 23.8. The molecule has 1 N–H and O–H groups in total. The summed E-state index contributed by atoms with van der Waals surface area (Å²) in [5.74, 6) is 0.0667. The van der Waals surface area contributed by atoms with Crippen LogP contribution in [0.3, 0.4) is 0 Å². The van der Waals surface area contributed by atoms with Crippen LogP contribution in [0.5, 0.6) is 0 Å². The fraction of sp³-hybridized carbons (Fsp3) is 0.158. The van der Waals surface area contributed by atoms with Gasteiger partial charge in [0.25, 0.3) is 5.22 Å². The van der Waals surface area contributed by atoms with Gasteiger partial charge in [-0.3, -0.25) is 9.59 Å². The van der Waals surface area contributed by atoms with Crippen molar-refractivity contribution in [3.05, 3.63) is 59.1 Å². The van der Waals surface area contributed by atoms with Crippen LogP contribution in [0.4, 0.5) is 5.69 Å². The third-order valence-corrected chi connectivity index (χ3v) is 4.87. The summed E-state index contributed by atoms with van der Waals surface area (Å²) in [7, 11) is 0. The highest BCUT2D eigenvalue weighted by Crippen LogP contribution is 2.27. The van der Waals surface area contributed by atoms with E-state index in [1.165, 1.54) is 6.92 Å². The van der Waals surface area contributed by atoms with E-state index >= 15 is 0 Å². The fourth-order valence-corrected chi connectivity index (χ4v) is 3.04. The van der Waals surface area contributed by atoms with Crippen molar-refractivity contribution >= 4 is 40.7 Å². The molecule has 2 aromatic carbocycles. The van der Waals surface area contributed by atoms with E-state index in [1.54, 1.807) is 55.5 Å². The van der Waals surface area contributed by atoms with Gasteiger partial charge in [0.2, 0.25) is 11.8 Å². The van der Waals surface area contributed by atoms with Crippen LogP contribution < -0.4 is 5.32 Å². The molecule has 3 rings (SSSR count). The van der Waals surface area contributed by atoms with Crippen molar-refractivity contribution in [3.8, 4) is 11.5 Å². The van der Waals surface area contributed by atoms with E-state index in [1.807, 2.05) is 0 Å². The summed E-state index contributed by atoms with van der Waals surface area (Å²) in [6.07, 6.45) is 0. The molecule has 8 heteroatoms. The third-order valence-electron chi connectivity index (χ3n) is 3.68. The lowest BCUT2D eigenvalue weighted by Gasteiger charge is -2.10. The van der Waals surface area contributed by atoms with Gasteiger partial charge in [0.05, 0.1) is 5.25 Å². The summed E-state index contributed by atoms with van der Waals surface area (Å²) in [6.45, 7) is 3.22. The number of aromatic nitrogens is 2. The van der Waals surface area contributed by atoms with Gasteiger partial charge in [0.1, 0.15) is 0 Å². The Labute approximate surface area is 165 Å². The molecule has 0 fully saturated rings. The molecule has 1 aromatic heterocycles. The minimum Gasteiger partial charge on any atom is -0.411 e. The molecule has 1 unspecified atom stereocenters. The van der Waals surface area contributed by atoms with Crippen LogP contribution in [0.1, 0.15) is 24.2 Å². The molecular formula is C19H16ClN3O3S. The summed E-state index contributed by atoms with van der Waals surface area (Å²) < 4.78 is 5.60. The van der Waals surface area contributed by atoms with Crippen LogP contribution in [0, 0.1) is 0 Å². The predicted octanol–water partition coefficient (Wildman–Crippen LogP) is 4.71. The number of amides is 1. The Morgan fingerprint density at radius 3 is 2.59 bits per heavy atom. The average Bonchev–Trinajstić information content (AvgIpc) is 3.11. The van der Waals surface area contributed by atoms with Gasteiger partial charge in [-0.05, 0) is 50.2 Å². The lowest BCUT2D eigenvalue weighted by molar-refractivity contribution is -0.115. The van der Waals surface area contributed by atoms with Gasteiger partial charge >= 0.3 is 0 Å². The van der Waals surface area contributed by atoms with Gasteiger partial charge in [0, 0.05) is 21.8 Å². The molecule has 0 radical (unpaired) electrons. The Morgan fingerprint density at radius 2 is 1.89 bits per heavy atom. The quantitative estimate of drug-likeness (QED) is 0.475. The second-order valence-corrected chi connectivity index (χ2v) is 7.49. The molecule has 0 spiro atoms. The summed E-state index contributed by atoms with van der Waals surface area (Å²) in [5.41, 5.74) is 1.85. The van der Waals surface area contributed by atoms with E-state index in [0.717, 1.165) is 17.3 Å². The zero-order chi connectivity index (χ0) is 19.4. The van der Waals surface area contributed by atoms with Gasteiger partial charge in [-0.15, -0.1) is 10.2 Å². The molecule has 0 saturated carbocycles. The van der Waals surface area contributed by atoms with Crippen molar-refractivity contribution in [1.29, 1.82) is 0 Å². The van der Waals surface area contributed by atoms with Gasteiger partial charge in [-0.2, -0.15) is 0 Å². The summed E-state index contributed by atoms with van der Waals surface area (Å²) >= 11 is 7.02. The van der Waals surface area contributed by atoms with E-state index < -0.39 is 5.25 Å². The monoisotopic (exact) mass is 401 g/mol. The summed E-state index contributed by atoms with van der Waals surface area (Å²) in [5, 5.41) is 11.2. The molecule has 0 saturated heterocycles. The Balaban J connectivity index is 1.64. The molecule has 0 aliphatic rings. The molecule has 0 aliphatic heterocycles. The normalized spacial score (nSPS) is 11.8. The zero-order valence-corrected chi connectivity index (χ0v) is 16.2. The molecule has 138 valence electrons. The minimum atomic E-state index is -0.468. The molecule has 3 aromatic rings. The standard InChI is InChI=1S/C19H16ClN3O3S/c1-11(24)14-4-3-5-16(10-14)21-17(25)12(2)27-19-23-22-18(26-19)13-6-8-15(20)9-7-13/h3-10,12H,1-2H3,(H,21,25). The number of ketones is 1. The molecule has 0 aliphatic carbocycles. The van der Waals surface area contributed by atoms with E-state index in [-0.39, 0.29) is 11.7 Å². The summed E-state index contributed by atoms with van der Waals surface area (Å²) in [6, 6.07) is 13.8. The molecule has 1 amide bonds. The van der Waals surface area contributed by atoms with Crippen LogP contribution in [-0.2, 0) is 4.79 Å². The number of nitrogens with one attached hydrogen (secondary N) is 1. The van der Waals surface area contributed by atoms with Crippen LogP contribution >= 0.6 is 23.4 Å². The van der Waals surface area contributed by atoms with Crippen LogP contribution in [0.2, 0.25) is 5.02 Å². The van der Waals surface area contributed by atoms with Crippen molar-refractivity contribution in [1.82, 2.24) is 10.2 Å². The Kier molecular flexibility index (Phi) is 5.93. The van der Waals surface area contributed by atoms with E-state index in [9.17, 15) is 9.59 Å². The number of thioether (sulfide) groups is 1. The van der Waals surface area contributed by atoms with E-state index in [2.05, 4.69) is 15.5 Å². The Bertz CT molecular complexity index is 972. The molecule has 6 nitrogen and oxygen atoms in total. The number of anilines is 1. The van der Waals surface area contributed by atoms with Crippen molar-refractivity contribution < 1.29 is 14.0 Å². The van der Waals surface area contributed by atoms with Crippen LogP contribution in [-0.4, -0.2) is 27.1 Å². The highest BCUT2D eigenvalue weighted by molar-refractivity contribution is 8.00. The van der Waals surface area contributed by atoms with Crippen molar-refractivity contribution in [2.45, 2.75) is 24.3 Å². The predicted molar refractivity (Wildman–Crippen MR) is 105 cm³/mol. The number of benzene rings is 2. The maximum absolute atomic E-state index is 12.4. The number of nitrogens with zero attached hydrogens (tertiary/aromatic N) is 2. The smallest absolute Gasteiger partial charge is 0.277 e.